The maximum Gasteiger partial charge on any atom is 0.282 e. The molecule has 9 heteroatoms. The molecule has 0 atom stereocenters. The SMILES string of the molecule is COc1cc2nc(NC(=O)c3ccccc3[N+](=O)[O-])sc2cc1OC. The number of para-hydroxylation sites is 1. The highest BCUT2D eigenvalue weighted by atomic mass is 32.1. The quantitative estimate of drug-likeness (QED) is 0.552. The normalized spacial score (nSPS) is 10.5. The number of methoxy groups -OCH3 is 2. The van der Waals surface area contributed by atoms with E-state index in [1.54, 1.807) is 18.2 Å². The Morgan fingerprint density at radius 3 is 2.56 bits per heavy atom. The van der Waals surface area contributed by atoms with Crippen molar-refractivity contribution in [2.75, 3.05) is 19.5 Å². The van der Waals surface area contributed by atoms with Gasteiger partial charge in [0.15, 0.2) is 16.6 Å². The van der Waals surface area contributed by atoms with Gasteiger partial charge in [0.1, 0.15) is 5.56 Å². The van der Waals surface area contributed by atoms with E-state index >= 15 is 0 Å². The van der Waals surface area contributed by atoms with Crippen LogP contribution in [0.1, 0.15) is 10.4 Å². The van der Waals surface area contributed by atoms with E-state index in [0.29, 0.717) is 22.1 Å². The summed E-state index contributed by atoms with van der Waals surface area (Å²) in [5.41, 5.74) is 0.340. The minimum absolute atomic E-state index is 0.0260. The van der Waals surface area contributed by atoms with Gasteiger partial charge < -0.3 is 9.47 Å². The Kier molecular flexibility index (Phi) is 4.48. The fourth-order valence-electron chi connectivity index (χ4n) is 2.30. The van der Waals surface area contributed by atoms with Crippen LogP contribution in [0.25, 0.3) is 10.2 Å². The van der Waals surface area contributed by atoms with E-state index in [4.69, 9.17) is 9.47 Å². The molecule has 25 heavy (non-hydrogen) atoms. The molecule has 0 saturated carbocycles. The zero-order chi connectivity index (χ0) is 18.0. The summed E-state index contributed by atoms with van der Waals surface area (Å²) in [6.07, 6.45) is 0. The molecule has 2 aromatic carbocycles. The lowest BCUT2D eigenvalue weighted by molar-refractivity contribution is -0.385. The number of ether oxygens (including phenoxy) is 2. The molecule has 0 aliphatic carbocycles. The number of thiazole rings is 1. The number of nitro groups is 1. The van der Waals surface area contributed by atoms with Crippen LogP contribution in [0, 0.1) is 10.1 Å². The number of hydrogen-bond acceptors (Lipinski definition) is 7. The summed E-state index contributed by atoms with van der Waals surface area (Å²) in [6, 6.07) is 9.20. The van der Waals surface area contributed by atoms with Crippen molar-refractivity contribution in [3.05, 3.63) is 52.1 Å². The molecule has 0 aliphatic rings. The van der Waals surface area contributed by atoms with Crippen LogP contribution in [0.2, 0.25) is 0 Å². The summed E-state index contributed by atoms with van der Waals surface area (Å²) in [5.74, 6) is 0.484. The molecule has 128 valence electrons. The Morgan fingerprint density at radius 1 is 1.20 bits per heavy atom. The number of carbonyl (C=O) groups is 1. The first-order valence-electron chi connectivity index (χ1n) is 7.11. The largest absolute Gasteiger partial charge is 0.493 e. The van der Waals surface area contributed by atoms with Gasteiger partial charge in [-0.3, -0.25) is 20.2 Å². The summed E-state index contributed by atoms with van der Waals surface area (Å²) in [5, 5.41) is 14.0. The fraction of sp³-hybridized carbons (Fsp3) is 0.125. The van der Waals surface area contributed by atoms with Crippen molar-refractivity contribution in [1.82, 2.24) is 4.98 Å². The van der Waals surface area contributed by atoms with Crippen molar-refractivity contribution in [2.45, 2.75) is 0 Å². The molecule has 0 saturated heterocycles. The monoisotopic (exact) mass is 359 g/mol. The first kappa shape index (κ1) is 16.7. The second kappa shape index (κ2) is 6.73. The molecular formula is C16H13N3O5S. The molecule has 0 unspecified atom stereocenters. The van der Waals surface area contributed by atoms with E-state index in [1.807, 2.05) is 0 Å². The molecule has 0 fully saturated rings. The molecule has 1 aromatic heterocycles. The summed E-state index contributed by atoms with van der Waals surface area (Å²) in [6.45, 7) is 0. The number of nitrogens with one attached hydrogen (secondary N) is 1. The number of benzene rings is 2. The molecule has 0 bridgehead atoms. The van der Waals surface area contributed by atoms with Crippen LogP contribution in [-0.4, -0.2) is 30.0 Å². The number of hydrogen-bond donors (Lipinski definition) is 1. The Bertz CT molecular complexity index is 929. The van der Waals surface area contributed by atoms with Crippen LogP contribution in [0.5, 0.6) is 11.5 Å². The fourth-order valence-corrected chi connectivity index (χ4v) is 3.17. The molecular weight excluding hydrogens is 346 g/mol. The Labute approximate surface area is 146 Å². The van der Waals surface area contributed by atoms with Crippen molar-refractivity contribution in [2.24, 2.45) is 0 Å². The molecule has 1 heterocycles. The lowest BCUT2D eigenvalue weighted by Gasteiger charge is -2.05. The van der Waals surface area contributed by atoms with Gasteiger partial charge in [-0.1, -0.05) is 23.5 Å². The zero-order valence-electron chi connectivity index (χ0n) is 13.3. The molecule has 0 aliphatic heterocycles. The maximum atomic E-state index is 12.4. The Balaban J connectivity index is 1.93. The van der Waals surface area contributed by atoms with Gasteiger partial charge in [0.05, 0.1) is 29.4 Å². The highest BCUT2D eigenvalue weighted by Gasteiger charge is 2.20. The molecule has 8 nitrogen and oxygen atoms in total. The number of carbonyl (C=O) groups excluding carboxylic acids is 1. The number of rotatable bonds is 5. The zero-order valence-corrected chi connectivity index (χ0v) is 14.1. The van der Waals surface area contributed by atoms with Gasteiger partial charge in [0.2, 0.25) is 0 Å². The van der Waals surface area contributed by atoms with Crippen molar-refractivity contribution in [1.29, 1.82) is 0 Å². The predicted molar refractivity (Wildman–Crippen MR) is 93.8 cm³/mol. The number of anilines is 1. The second-order valence-corrected chi connectivity index (χ2v) is 5.95. The van der Waals surface area contributed by atoms with Gasteiger partial charge in [0.25, 0.3) is 11.6 Å². The van der Waals surface area contributed by atoms with E-state index in [1.165, 1.54) is 43.8 Å². The highest BCUT2D eigenvalue weighted by molar-refractivity contribution is 7.22. The van der Waals surface area contributed by atoms with E-state index in [-0.39, 0.29) is 11.3 Å². The van der Waals surface area contributed by atoms with E-state index in [0.717, 1.165) is 4.70 Å². The topological polar surface area (TPSA) is 104 Å². The van der Waals surface area contributed by atoms with Crippen molar-refractivity contribution in [3.63, 3.8) is 0 Å². The lowest BCUT2D eigenvalue weighted by Crippen LogP contribution is -2.13. The van der Waals surface area contributed by atoms with Gasteiger partial charge in [-0.15, -0.1) is 0 Å². The van der Waals surface area contributed by atoms with Crippen LogP contribution in [0.3, 0.4) is 0 Å². The van der Waals surface area contributed by atoms with Crippen molar-refractivity contribution >= 4 is 38.3 Å². The maximum absolute atomic E-state index is 12.4. The average molecular weight is 359 g/mol. The Hall–Kier alpha value is -3.20. The smallest absolute Gasteiger partial charge is 0.282 e. The highest BCUT2D eigenvalue weighted by Crippen LogP contribution is 2.36. The van der Waals surface area contributed by atoms with Crippen LogP contribution >= 0.6 is 11.3 Å². The first-order valence-corrected chi connectivity index (χ1v) is 7.92. The molecule has 0 radical (unpaired) electrons. The van der Waals surface area contributed by atoms with Crippen LogP contribution in [0.4, 0.5) is 10.8 Å². The van der Waals surface area contributed by atoms with Crippen LogP contribution in [0.15, 0.2) is 36.4 Å². The van der Waals surface area contributed by atoms with Gasteiger partial charge in [-0.05, 0) is 6.07 Å². The van der Waals surface area contributed by atoms with Gasteiger partial charge in [-0.25, -0.2) is 4.98 Å². The summed E-state index contributed by atoms with van der Waals surface area (Å²) in [4.78, 5) is 27.1. The summed E-state index contributed by atoms with van der Waals surface area (Å²) < 4.78 is 11.2. The molecule has 1 amide bonds. The molecule has 1 N–H and O–H groups in total. The van der Waals surface area contributed by atoms with E-state index < -0.39 is 10.8 Å². The second-order valence-electron chi connectivity index (χ2n) is 4.92. The third-order valence-electron chi connectivity index (χ3n) is 3.46. The number of aromatic nitrogens is 1. The molecule has 3 rings (SSSR count). The lowest BCUT2D eigenvalue weighted by atomic mass is 10.1. The summed E-state index contributed by atoms with van der Waals surface area (Å²) >= 11 is 1.23. The predicted octanol–water partition coefficient (Wildman–Crippen LogP) is 3.47. The summed E-state index contributed by atoms with van der Waals surface area (Å²) in [7, 11) is 3.05. The number of fused-ring (bicyclic) bond motifs is 1. The van der Waals surface area contributed by atoms with Gasteiger partial charge in [-0.2, -0.15) is 0 Å². The van der Waals surface area contributed by atoms with Gasteiger partial charge in [0, 0.05) is 18.2 Å². The number of nitro benzene ring substituents is 1. The van der Waals surface area contributed by atoms with Crippen molar-refractivity contribution < 1.29 is 19.2 Å². The first-order chi connectivity index (χ1) is 12.0. The number of amides is 1. The van der Waals surface area contributed by atoms with Crippen LogP contribution < -0.4 is 14.8 Å². The van der Waals surface area contributed by atoms with Gasteiger partial charge >= 0.3 is 0 Å². The van der Waals surface area contributed by atoms with Crippen molar-refractivity contribution in [3.8, 4) is 11.5 Å². The third-order valence-corrected chi connectivity index (χ3v) is 4.39. The molecule has 3 aromatic rings. The number of nitrogens with zero attached hydrogens (tertiary/aromatic N) is 2. The van der Waals surface area contributed by atoms with E-state index in [9.17, 15) is 14.9 Å². The minimum atomic E-state index is -0.594. The minimum Gasteiger partial charge on any atom is -0.493 e. The van der Waals surface area contributed by atoms with Crippen LogP contribution in [-0.2, 0) is 0 Å². The average Bonchev–Trinajstić information content (AvgIpc) is 3.01. The van der Waals surface area contributed by atoms with E-state index in [2.05, 4.69) is 10.3 Å². The standard InChI is InChI=1S/C16H13N3O5S/c1-23-12-7-10-14(8-13(12)24-2)25-16(17-10)18-15(20)9-5-3-4-6-11(9)19(21)22/h3-8H,1-2H3,(H,17,18,20). The Morgan fingerprint density at radius 2 is 1.88 bits per heavy atom. The molecule has 0 spiro atoms. The third kappa shape index (κ3) is 3.22.